The Bertz CT molecular complexity index is 632. The number of nitrogens with two attached hydrogens (primary N) is 1. The summed E-state index contributed by atoms with van der Waals surface area (Å²) < 4.78 is 48.0. The molecule has 2 N–H and O–H groups in total. The Morgan fingerprint density at radius 3 is 2.62 bits per heavy atom. The molecule has 112 valence electrons. The first-order valence-electron chi connectivity index (χ1n) is 5.86. The number of hydrogen-bond acceptors (Lipinski definition) is 5. The van der Waals surface area contributed by atoms with Crippen LogP contribution in [0.2, 0.25) is 0 Å². The molecule has 1 aromatic carbocycles. The highest BCUT2D eigenvalue weighted by atomic mass is 19.4. The van der Waals surface area contributed by atoms with E-state index >= 15 is 0 Å². The lowest BCUT2D eigenvalue weighted by molar-refractivity contribution is -0.141. The van der Waals surface area contributed by atoms with Crippen molar-refractivity contribution in [1.29, 1.82) is 0 Å². The van der Waals surface area contributed by atoms with Crippen LogP contribution in [0.15, 0.2) is 30.3 Å². The first kappa shape index (κ1) is 14.9. The van der Waals surface area contributed by atoms with E-state index in [4.69, 9.17) is 15.2 Å². The van der Waals surface area contributed by atoms with E-state index in [1.165, 1.54) is 7.11 Å². The van der Waals surface area contributed by atoms with Gasteiger partial charge in [0.15, 0.2) is 5.69 Å². The van der Waals surface area contributed by atoms with Crippen molar-refractivity contribution < 1.29 is 22.6 Å². The van der Waals surface area contributed by atoms with E-state index in [9.17, 15) is 13.2 Å². The summed E-state index contributed by atoms with van der Waals surface area (Å²) >= 11 is 0. The van der Waals surface area contributed by atoms with Crippen LogP contribution in [0.5, 0.6) is 11.6 Å². The van der Waals surface area contributed by atoms with Crippen LogP contribution < -0.4 is 15.2 Å². The summed E-state index contributed by atoms with van der Waals surface area (Å²) in [5.74, 6) is -0.114. The van der Waals surface area contributed by atoms with E-state index in [2.05, 4.69) is 9.97 Å². The quantitative estimate of drug-likeness (QED) is 0.940. The maximum absolute atomic E-state index is 12.6. The van der Waals surface area contributed by atoms with Gasteiger partial charge in [0.25, 0.3) is 0 Å². The zero-order chi connectivity index (χ0) is 15.5. The minimum Gasteiger partial charge on any atom is -0.497 e. The van der Waals surface area contributed by atoms with Gasteiger partial charge in [0.1, 0.15) is 12.4 Å². The Labute approximate surface area is 118 Å². The van der Waals surface area contributed by atoms with Crippen molar-refractivity contribution in [3.05, 3.63) is 41.6 Å². The van der Waals surface area contributed by atoms with Crippen molar-refractivity contribution in [2.24, 2.45) is 0 Å². The number of aromatic nitrogens is 2. The number of nitrogens with zero attached hydrogens (tertiary/aromatic N) is 2. The van der Waals surface area contributed by atoms with Gasteiger partial charge in [-0.3, -0.25) is 0 Å². The molecule has 5 nitrogen and oxygen atoms in total. The smallest absolute Gasteiger partial charge is 0.433 e. The van der Waals surface area contributed by atoms with E-state index in [0.29, 0.717) is 11.8 Å². The average molecular weight is 299 g/mol. The average Bonchev–Trinajstić information content (AvgIpc) is 2.44. The molecule has 0 saturated carbocycles. The third-order valence-corrected chi connectivity index (χ3v) is 2.53. The first-order valence-corrected chi connectivity index (χ1v) is 5.86. The van der Waals surface area contributed by atoms with Gasteiger partial charge in [-0.2, -0.15) is 18.2 Å². The highest BCUT2D eigenvalue weighted by molar-refractivity contribution is 5.30. The molecule has 2 rings (SSSR count). The highest BCUT2D eigenvalue weighted by Crippen LogP contribution is 2.30. The van der Waals surface area contributed by atoms with Gasteiger partial charge in [0.2, 0.25) is 11.8 Å². The lowest BCUT2D eigenvalue weighted by Crippen LogP contribution is -2.11. The van der Waals surface area contributed by atoms with Gasteiger partial charge in [0.05, 0.1) is 7.11 Å². The SMILES string of the molecule is COc1cccc(COc2cc(C(F)(F)F)nc(N)n2)c1. The molecule has 1 aromatic heterocycles. The number of benzene rings is 1. The number of ether oxygens (including phenoxy) is 2. The van der Waals surface area contributed by atoms with Crippen LogP contribution in [0.3, 0.4) is 0 Å². The molecule has 0 atom stereocenters. The number of nitrogen functional groups attached to an aromatic ring is 1. The Morgan fingerprint density at radius 2 is 1.95 bits per heavy atom. The topological polar surface area (TPSA) is 70.3 Å². The van der Waals surface area contributed by atoms with Gasteiger partial charge in [-0.25, -0.2) is 4.98 Å². The van der Waals surface area contributed by atoms with Crippen LogP contribution in [-0.2, 0) is 12.8 Å². The van der Waals surface area contributed by atoms with E-state index in [1.54, 1.807) is 24.3 Å². The number of halogens is 3. The molecule has 0 aliphatic carbocycles. The molecule has 0 bridgehead atoms. The van der Waals surface area contributed by atoms with Crippen LogP contribution in [-0.4, -0.2) is 17.1 Å². The Hall–Kier alpha value is -2.51. The molecule has 0 spiro atoms. The zero-order valence-electron chi connectivity index (χ0n) is 11.0. The van der Waals surface area contributed by atoms with Gasteiger partial charge in [0, 0.05) is 6.07 Å². The Morgan fingerprint density at radius 1 is 1.19 bits per heavy atom. The first-order chi connectivity index (χ1) is 9.88. The third-order valence-electron chi connectivity index (χ3n) is 2.53. The van der Waals surface area contributed by atoms with Crippen LogP contribution in [0.4, 0.5) is 19.1 Å². The summed E-state index contributed by atoms with van der Waals surface area (Å²) in [4.78, 5) is 6.75. The molecule has 0 unspecified atom stereocenters. The number of methoxy groups -OCH3 is 1. The monoisotopic (exact) mass is 299 g/mol. The van der Waals surface area contributed by atoms with Crippen LogP contribution in [0.1, 0.15) is 11.3 Å². The molecule has 8 heteroatoms. The summed E-state index contributed by atoms with van der Waals surface area (Å²) in [7, 11) is 1.51. The standard InChI is InChI=1S/C13H12F3N3O2/c1-20-9-4-2-3-8(5-9)7-21-11-6-10(13(14,15)16)18-12(17)19-11/h2-6H,7H2,1H3,(H2,17,18,19). The van der Waals surface area contributed by atoms with Gasteiger partial charge in [-0.05, 0) is 17.7 Å². The van der Waals surface area contributed by atoms with Crippen LogP contribution >= 0.6 is 0 Å². The second kappa shape index (κ2) is 5.86. The van der Waals surface area contributed by atoms with E-state index in [0.717, 1.165) is 5.56 Å². The molecule has 0 radical (unpaired) electrons. The lowest BCUT2D eigenvalue weighted by atomic mass is 10.2. The molecule has 0 amide bonds. The fraction of sp³-hybridized carbons (Fsp3) is 0.231. The summed E-state index contributed by atoms with van der Waals surface area (Å²) in [6.45, 7) is 0.0327. The molecule has 21 heavy (non-hydrogen) atoms. The number of anilines is 1. The summed E-state index contributed by atoms with van der Waals surface area (Å²) in [5.41, 5.74) is 4.83. The summed E-state index contributed by atoms with van der Waals surface area (Å²) in [6.07, 6.45) is -4.61. The fourth-order valence-electron chi connectivity index (χ4n) is 1.58. The van der Waals surface area contributed by atoms with E-state index in [1.807, 2.05) is 0 Å². The van der Waals surface area contributed by atoms with Gasteiger partial charge in [-0.1, -0.05) is 12.1 Å². The number of alkyl halides is 3. The van der Waals surface area contributed by atoms with Crippen molar-refractivity contribution in [1.82, 2.24) is 9.97 Å². The molecule has 0 fully saturated rings. The van der Waals surface area contributed by atoms with Crippen molar-refractivity contribution in [2.75, 3.05) is 12.8 Å². The predicted molar refractivity (Wildman–Crippen MR) is 68.8 cm³/mol. The second-order valence-corrected chi connectivity index (χ2v) is 4.09. The maximum atomic E-state index is 12.6. The molecular formula is C13H12F3N3O2. The van der Waals surface area contributed by atoms with Crippen molar-refractivity contribution in [3.8, 4) is 11.6 Å². The van der Waals surface area contributed by atoms with Crippen LogP contribution in [0.25, 0.3) is 0 Å². The van der Waals surface area contributed by atoms with E-state index in [-0.39, 0.29) is 12.5 Å². The molecule has 1 heterocycles. The summed E-state index contributed by atoms with van der Waals surface area (Å²) in [6, 6.07) is 7.64. The van der Waals surface area contributed by atoms with Gasteiger partial charge >= 0.3 is 6.18 Å². The zero-order valence-corrected chi connectivity index (χ0v) is 11.0. The molecule has 0 saturated heterocycles. The lowest BCUT2D eigenvalue weighted by Gasteiger charge is -2.10. The Balaban J connectivity index is 2.14. The molecule has 0 aliphatic heterocycles. The second-order valence-electron chi connectivity index (χ2n) is 4.09. The van der Waals surface area contributed by atoms with Crippen molar-refractivity contribution in [3.63, 3.8) is 0 Å². The predicted octanol–water partition coefficient (Wildman–Crippen LogP) is 2.67. The highest BCUT2D eigenvalue weighted by Gasteiger charge is 2.33. The number of rotatable bonds is 4. The largest absolute Gasteiger partial charge is 0.497 e. The maximum Gasteiger partial charge on any atom is 0.433 e. The molecule has 2 aromatic rings. The minimum atomic E-state index is -4.61. The molecular weight excluding hydrogens is 287 g/mol. The fourth-order valence-corrected chi connectivity index (χ4v) is 1.58. The summed E-state index contributed by atoms with van der Waals surface area (Å²) in [5, 5.41) is 0. The Kier molecular flexibility index (Phi) is 4.15. The van der Waals surface area contributed by atoms with Crippen LogP contribution in [0, 0.1) is 0 Å². The van der Waals surface area contributed by atoms with Gasteiger partial charge in [-0.15, -0.1) is 0 Å². The molecule has 0 aliphatic rings. The van der Waals surface area contributed by atoms with E-state index < -0.39 is 17.8 Å². The van der Waals surface area contributed by atoms with Crippen molar-refractivity contribution in [2.45, 2.75) is 12.8 Å². The minimum absolute atomic E-state index is 0.0327. The third kappa shape index (κ3) is 3.98. The normalized spacial score (nSPS) is 11.2. The van der Waals surface area contributed by atoms with Gasteiger partial charge < -0.3 is 15.2 Å². The van der Waals surface area contributed by atoms with Crippen molar-refractivity contribution >= 4 is 5.95 Å². The number of hydrogen-bond donors (Lipinski definition) is 1.